The van der Waals surface area contributed by atoms with Crippen molar-refractivity contribution in [3.05, 3.63) is 5.89 Å². The predicted octanol–water partition coefficient (Wildman–Crippen LogP) is 1.56. The molecule has 1 aromatic heterocycles. The normalized spacial score (nSPS) is 26.3. The van der Waals surface area contributed by atoms with Gasteiger partial charge in [-0.3, -0.25) is 0 Å². The number of hydrogen-bond acceptors (Lipinski definition) is 5. The molecular weight excluding hydrogens is 192 g/mol. The van der Waals surface area contributed by atoms with E-state index in [-0.39, 0.29) is 6.04 Å². The zero-order valence-corrected chi connectivity index (χ0v) is 9.45. The predicted molar refractivity (Wildman–Crippen MR) is 57.6 cm³/mol. The molecule has 84 valence electrons. The molecule has 2 N–H and O–H groups in total. The summed E-state index contributed by atoms with van der Waals surface area (Å²) in [6.45, 7) is 7.17. The van der Waals surface area contributed by atoms with Gasteiger partial charge in [0.1, 0.15) is 0 Å². The Labute approximate surface area is 89.6 Å². The molecule has 0 aromatic carbocycles. The molecule has 1 saturated carbocycles. The first kappa shape index (κ1) is 10.4. The second-order valence-corrected chi connectivity index (χ2v) is 4.19. The minimum atomic E-state index is 0.120. The summed E-state index contributed by atoms with van der Waals surface area (Å²) in [4.78, 5) is 0. The number of aromatic nitrogens is 2. The van der Waals surface area contributed by atoms with Gasteiger partial charge in [0.25, 0.3) is 0 Å². The van der Waals surface area contributed by atoms with Crippen molar-refractivity contribution in [2.24, 2.45) is 5.92 Å². The lowest BCUT2D eigenvalue weighted by atomic mass is 10.3. The molecule has 0 spiro atoms. The zero-order valence-electron chi connectivity index (χ0n) is 9.45. The van der Waals surface area contributed by atoms with E-state index >= 15 is 0 Å². The Morgan fingerprint density at radius 2 is 2.27 bits per heavy atom. The lowest BCUT2D eigenvalue weighted by molar-refractivity contribution is 0.428. The molecule has 3 atom stereocenters. The quantitative estimate of drug-likeness (QED) is 0.772. The van der Waals surface area contributed by atoms with Gasteiger partial charge in [-0.25, -0.2) is 0 Å². The smallest absolute Gasteiger partial charge is 0.315 e. The molecule has 1 aromatic rings. The average molecular weight is 210 g/mol. The highest BCUT2D eigenvalue weighted by Gasteiger charge is 2.33. The molecule has 1 fully saturated rings. The van der Waals surface area contributed by atoms with Gasteiger partial charge in [-0.15, -0.1) is 5.10 Å². The van der Waals surface area contributed by atoms with Gasteiger partial charge in [0, 0.05) is 6.04 Å². The Kier molecular flexibility index (Phi) is 2.90. The van der Waals surface area contributed by atoms with Gasteiger partial charge in [0.2, 0.25) is 5.89 Å². The first-order chi connectivity index (χ1) is 7.20. The summed E-state index contributed by atoms with van der Waals surface area (Å²) in [6.07, 6.45) is 1.19. The molecule has 0 amide bonds. The summed E-state index contributed by atoms with van der Waals surface area (Å²) in [5.74, 6) is 1.37. The van der Waals surface area contributed by atoms with Gasteiger partial charge in [-0.05, 0) is 25.8 Å². The molecule has 0 aliphatic heterocycles. The van der Waals surface area contributed by atoms with Gasteiger partial charge < -0.3 is 15.1 Å². The fourth-order valence-electron chi connectivity index (χ4n) is 1.54. The molecule has 2 rings (SSSR count). The molecule has 0 radical (unpaired) electrons. The Bertz CT molecular complexity index is 325. The first-order valence-electron chi connectivity index (χ1n) is 5.54. The molecule has 1 heterocycles. The molecule has 1 aliphatic carbocycles. The second-order valence-electron chi connectivity index (χ2n) is 4.19. The Balaban J connectivity index is 1.91. The first-order valence-corrected chi connectivity index (χ1v) is 5.54. The summed E-state index contributed by atoms with van der Waals surface area (Å²) in [6, 6.07) is 1.19. The van der Waals surface area contributed by atoms with E-state index in [1.54, 1.807) is 0 Å². The molecule has 0 saturated heterocycles. The largest absolute Gasteiger partial charge is 0.406 e. The molecule has 5 nitrogen and oxygen atoms in total. The van der Waals surface area contributed by atoms with Crippen LogP contribution in [0, 0.1) is 5.92 Å². The highest BCUT2D eigenvalue weighted by molar-refractivity contribution is 5.24. The Hall–Kier alpha value is -1.10. The number of nitrogens with one attached hydrogen (secondary N) is 2. The van der Waals surface area contributed by atoms with Gasteiger partial charge in [0.15, 0.2) is 0 Å². The van der Waals surface area contributed by atoms with Crippen LogP contribution < -0.4 is 10.6 Å². The van der Waals surface area contributed by atoms with Crippen molar-refractivity contribution < 1.29 is 4.42 Å². The van der Waals surface area contributed by atoms with E-state index in [0.717, 1.165) is 12.5 Å². The minimum Gasteiger partial charge on any atom is -0.406 e. The molecular formula is C10H18N4O. The maximum absolute atomic E-state index is 5.50. The van der Waals surface area contributed by atoms with Crippen LogP contribution in [0.2, 0.25) is 0 Å². The topological polar surface area (TPSA) is 63.0 Å². The number of hydrogen-bond donors (Lipinski definition) is 2. The van der Waals surface area contributed by atoms with Crippen LogP contribution in [0.5, 0.6) is 0 Å². The van der Waals surface area contributed by atoms with E-state index in [0.29, 0.717) is 17.9 Å². The minimum absolute atomic E-state index is 0.120. The maximum atomic E-state index is 5.50. The van der Waals surface area contributed by atoms with Gasteiger partial charge in [-0.1, -0.05) is 18.9 Å². The van der Waals surface area contributed by atoms with Gasteiger partial charge in [-0.2, -0.15) is 0 Å². The van der Waals surface area contributed by atoms with Crippen LogP contribution in [0.25, 0.3) is 0 Å². The van der Waals surface area contributed by atoms with Crippen LogP contribution in [-0.4, -0.2) is 22.8 Å². The molecule has 3 unspecified atom stereocenters. The lowest BCUT2D eigenvalue weighted by Gasteiger charge is -2.05. The second kappa shape index (κ2) is 4.18. The monoisotopic (exact) mass is 210 g/mol. The van der Waals surface area contributed by atoms with Crippen LogP contribution in [-0.2, 0) is 0 Å². The summed E-state index contributed by atoms with van der Waals surface area (Å²) in [5.41, 5.74) is 0. The van der Waals surface area contributed by atoms with E-state index in [4.69, 9.17) is 4.42 Å². The van der Waals surface area contributed by atoms with E-state index in [2.05, 4.69) is 34.7 Å². The van der Waals surface area contributed by atoms with Crippen molar-refractivity contribution >= 4 is 6.01 Å². The van der Waals surface area contributed by atoms with Crippen molar-refractivity contribution in [2.75, 3.05) is 11.9 Å². The van der Waals surface area contributed by atoms with Crippen LogP contribution in [0.4, 0.5) is 6.01 Å². The van der Waals surface area contributed by atoms with Crippen molar-refractivity contribution in [2.45, 2.75) is 39.3 Å². The fourth-order valence-corrected chi connectivity index (χ4v) is 1.54. The Morgan fingerprint density at radius 1 is 1.53 bits per heavy atom. The third-order valence-corrected chi connectivity index (χ3v) is 2.74. The molecule has 0 bridgehead atoms. The summed E-state index contributed by atoms with van der Waals surface area (Å²) in [5, 5.41) is 14.4. The average Bonchev–Trinajstić information content (AvgIpc) is 2.72. The maximum Gasteiger partial charge on any atom is 0.315 e. The van der Waals surface area contributed by atoms with Gasteiger partial charge >= 0.3 is 6.01 Å². The summed E-state index contributed by atoms with van der Waals surface area (Å²) in [7, 11) is 0. The number of nitrogens with zero attached hydrogens (tertiary/aromatic N) is 2. The highest BCUT2D eigenvalue weighted by atomic mass is 16.4. The van der Waals surface area contributed by atoms with E-state index in [1.165, 1.54) is 6.42 Å². The van der Waals surface area contributed by atoms with Crippen molar-refractivity contribution in [1.29, 1.82) is 0 Å². The van der Waals surface area contributed by atoms with Crippen LogP contribution in [0.1, 0.15) is 39.1 Å². The standard InChI is InChI=1S/C10H18N4O/c1-4-11-7(3)9-13-14-10(15-9)12-8-5-6(8)2/h6-8,11H,4-5H2,1-3H3,(H,12,14). The number of anilines is 1. The van der Waals surface area contributed by atoms with Crippen LogP contribution in [0.15, 0.2) is 4.42 Å². The third-order valence-electron chi connectivity index (χ3n) is 2.74. The SMILES string of the molecule is CCNC(C)c1nnc(NC2CC2C)o1. The third kappa shape index (κ3) is 2.47. The van der Waals surface area contributed by atoms with E-state index in [9.17, 15) is 0 Å². The molecule has 5 heteroatoms. The van der Waals surface area contributed by atoms with Crippen molar-refractivity contribution in [1.82, 2.24) is 15.5 Å². The summed E-state index contributed by atoms with van der Waals surface area (Å²) < 4.78 is 5.50. The fraction of sp³-hybridized carbons (Fsp3) is 0.800. The van der Waals surface area contributed by atoms with Crippen molar-refractivity contribution in [3.8, 4) is 0 Å². The van der Waals surface area contributed by atoms with Gasteiger partial charge in [0.05, 0.1) is 6.04 Å². The number of rotatable bonds is 5. The van der Waals surface area contributed by atoms with Crippen LogP contribution in [0.3, 0.4) is 0 Å². The lowest BCUT2D eigenvalue weighted by Crippen LogP contribution is -2.17. The van der Waals surface area contributed by atoms with E-state index < -0.39 is 0 Å². The van der Waals surface area contributed by atoms with Crippen molar-refractivity contribution in [3.63, 3.8) is 0 Å². The Morgan fingerprint density at radius 3 is 2.87 bits per heavy atom. The van der Waals surface area contributed by atoms with Crippen LogP contribution >= 0.6 is 0 Å². The highest BCUT2D eigenvalue weighted by Crippen LogP contribution is 2.32. The summed E-state index contributed by atoms with van der Waals surface area (Å²) >= 11 is 0. The molecule has 1 aliphatic rings. The molecule has 15 heavy (non-hydrogen) atoms. The van der Waals surface area contributed by atoms with E-state index in [1.807, 2.05) is 6.92 Å². The zero-order chi connectivity index (χ0) is 10.8.